The highest BCUT2D eigenvalue weighted by molar-refractivity contribution is 5.79. The Bertz CT molecular complexity index is 1150. The molecule has 7 nitrogen and oxygen atoms in total. The van der Waals surface area contributed by atoms with Gasteiger partial charge in [-0.1, -0.05) is 18.2 Å². The van der Waals surface area contributed by atoms with Gasteiger partial charge in [-0.3, -0.25) is 9.69 Å². The molecule has 1 aliphatic heterocycles. The van der Waals surface area contributed by atoms with Gasteiger partial charge in [0.05, 0.1) is 6.42 Å². The molecule has 0 radical (unpaired) electrons. The van der Waals surface area contributed by atoms with Crippen LogP contribution in [0.1, 0.15) is 28.3 Å². The van der Waals surface area contributed by atoms with E-state index in [1.165, 1.54) is 6.07 Å². The molecule has 1 saturated heterocycles. The number of aromatic nitrogens is 4. The summed E-state index contributed by atoms with van der Waals surface area (Å²) < 4.78 is 53.8. The van der Waals surface area contributed by atoms with E-state index >= 15 is 0 Å². The van der Waals surface area contributed by atoms with Crippen LogP contribution in [0.25, 0.3) is 5.78 Å². The van der Waals surface area contributed by atoms with Crippen LogP contribution < -0.4 is 0 Å². The highest BCUT2D eigenvalue weighted by Gasteiger charge is 2.37. The predicted octanol–water partition coefficient (Wildman–Crippen LogP) is 2.79. The summed E-state index contributed by atoms with van der Waals surface area (Å²) >= 11 is 0. The van der Waals surface area contributed by atoms with Gasteiger partial charge < -0.3 is 4.90 Å². The second-order valence-corrected chi connectivity index (χ2v) is 7.83. The van der Waals surface area contributed by atoms with Crippen LogP contribution in [0.15, 0.2) is 24.3 Å². The quantitative estimate of drug-likeness (QED) is 0.572. The summed E-state index contributed by atoms with van der Waals surface area (Å²) in [7, 11) is 0. The third-order valence-corrected chi connectivity index (χ3v) is 5.71. The molecule has 1 fully saturated rings. The molecule has 0 saturated carbocycles. The Kier molecular flexibility index (Phi) is 5.85. The minimum Gasteiger partial charge on any atom is -0.340 e. The number of piperazine rings is 1. The molecule has 1 aliphatic rings. The first kappa shape index (κ1) is 22.1. The first-order chi connectivity index (χ1) is 15.1. The maximum absolute atomic E-state index is 13.9. The Balaban J connectivity index is 1.43. The average molecular weight is 450 g/mol. The Morgan fingerprint density at radius 1 is 1.06 bits per heavy atom. The van der Waals surface area contributed by atoms with Crippen LogP contribution in [0.2, 0.25) is 0 Å². The monoisotopic (exact) mass is 450 g/mol. The Labute approximate surface area is 181 Å². The van der Waals surface area contributed by atoms with Crippen molar-refractivity contribution in [2.24, 2.45) is 0 Å². The van der Waals surface area contributed by atoms with Gasteiger partial charge in [-0.25, -0.2) is 13.9 Å². The first-order valence-electron chi connectivity index (χ1n) is 10.2. The molecule has 1 amide bonds. The number of alkyl halides is 3. The van der Waals surface area contributed by atoms with Gasteiger partial charge >= 0.3 is 6.18 Å². The molecular formula is C21H22F4N6O. The summed E-state index contributed by atoms with van der Waals surface area (Å²) in [6.45, 7) is 5.91. The van der Waals surface area contributed by atoms with E-state index in [2.05, 4.69) is 20.0 Å². The Morgan fingerprint density at radius 3 is 2.41 bits per heavy atom. The molecule has 1 aromatic carbocycles. The number of nitrogens with zero attached hydrogens (tertiary/aromatic N) is 6. The molecular weight excluding hydrogens is 428 g/mol. The molecule has 0 spiro atoms. The SMILES string of the molecule is Cc1nc2nc(C(F)(F)F)nn2c(C)c1CC(=O)N1CCN(Cc2ccccc2F)CC1. The van der Waals surface area contributed by atoms with Crippen molar-refractivity contribution in [3.63, 3.8) is 0 Å². The fourth-order valence-electron chi connectivity index (χ4n) is 3.87. The van der Waals surface area contributed by atoms with Gasteiger partial charge in [-0.15, -0.1) is 5.10 Å². The second-order valence-electron chi connectivity index (χ2n) is 7.83. The van der Waals surface area contributed by atoms with Crippen LogP contribution in [0.5, 0.6) is 0 Å². The average Bonchev–Trinajstić information content (AvgIpc) is 3.18. The number of hydrogen-bond acceptors (Lipinski definition) is 5. The maximum atomic E-state index is 13.9. The van der Waals surface area contributed by atoms with Crippen LogP contribution in [-0.2, 0) is 23.9 Å². The molecule has 0 atom stereocenters. The van der Waals surface area contributed by atoms with Crippen molar-refractivity contribution in [3.8, 4) is 0 Å². The van der Waals surface area contributed by atoms with E-state index in [0.29, 0.717) is 55.2 Å². The van der Waals surface area contributed by atoms with Crippen molar-refractivity contribution in [3.05, 3.63) is 58.4 Å². The van der Waals surface area contributed by atoms with Gasteiger partial charge in [0, 0.05) is 55.2 Å². The number of fused-ring (bicyclic) bond motifs is 1. The lowest BCUT2D eigenvalue weighted by atomic mass is 10.1. The van der Waals surface area contributed by atoms with E-state index in [-0.39, 0.29) is 23.9 Å². The number of benzene rings is 1. The molecule has 0 aliphatic carbocycles. The zero-order valence-corrected chi connectivity index (χ0v) is 17.7. The van der Waals surface area contributed by atoms with E-state index < -0.39 is 12.0 Å². The van der Waals surface area contributed by atoms with E-state index in [1.807, 2.05) is 0 Å². The lowest BCUT2D eigenvalue weighted by Crippen LogP contribution is -2.48. The smallest absolute Gasteiger partial charge is 0.340 e. The van der Waals surface area contributed by atoms with E-state index in [9.17, 15) is 22.4 Å². The minimum absolute atomic E-state index is 0.00906. The number of carbonyl (C=O) groups is 1. The fraction of sp³-hybridized carbons (Fsp3) is 0.429. The van der Waals surface area contributed by atoms with Crippen LogP contribution in [-0.4, -0.2) is 61.5 Å². The summed E-state index contributed by atoms with van der Waals surface area (Å²) in [4.78, 5) is 24.2. The third kappa shape index (κ3) is 4.43. The zero-order chi connectivity index (χ0) is 23.0. The molecule has 32 heavy (non-hydrogen) atoms. The molecule has 0 N–H and O–H groups in total. The van der Waals surface area contributed by atoms with Crippen LogP contribution in [0, 0.1) is 19.7 Å². The summed E-state index contributed by atoms with van der Waals surface area (Å²) in [5.74, 6) is -1.80. The molecule has 2 aromatic heterocycles. The van der Waals surface area contributed by atoms with Gasteiger partial charge in [0.15, 0.2) is 0 Å². The Morgan fingerprint density at radius 2 is 1.75 bits per heavy atom. The van der Waals surface area contributed by atoms with Crippen molar-refractivity contribution in [2.45, 2.75) is 33.0 Å². The molecule has 4 rings (SSSR count). The van der Waals surface area contributed by atoms with E-state index in [4.69, 9.17) is 0 Å². The van der Waals surface area contributed by atoms with Gasteiger partial charge in [0.1, 0.15) is 5.82 Å². The number of carbonyl (C=O) groups excluding carboxylic acids is 1. The summed E-state index contributed by atoms with van der Waals surface area (Å²) in [6.07, 6.45) is -4.67. The lowest BCUT2D eigenvalue weighted by molar-refractivity contribution is -0.144. The predicted molar refractivity (Wildman–Crippen MR) is 107 cm³/mol. The minimum atomic E-state index is -4.67. The van der Waals surface area contributed by atoms with Crippen LogP contribution in [0.4, 0.5) is 17.6 Å². The number of halogens is 4. The molecule has 0 bridgehead atoms. The summed E-state index contributed by atoms with van der Waals surface area (Å²) in [6, 6.07) is 6.61. The highest BCUT2D eigenvalue weighted by atomic mass is 19.4. The van der Waals surface area contributed by atoms with Crippen LogP contribution in [0.3, 0.4) is 0 Å². The summed E-state index contributed by atoms with van der Waals surface area (Å²) in [5, 5.41) is 3.52. The molecule has 0 unspecified atom stereocenters. The first-order valence-corrected chi connectivity index (χ1v) is 10.2. The number of amides is 1. The van der Waals surface area contributed by atoms with Crippen molar-refractivity contribution in [2.75, 3.05) is 26.2 Å². The van der Waals surface area contributed by atoms with Crippen molar-refractivity contribution in [1.82, 2.24) is 29.4 Å². The second kappa shape index (κ2) is 8.45. The fourth-order valence-corrected chi connectivity index (χ4v) is 3.87. The normalized spacial score (nSPS) is 15.5. The topological polar surface area (TPSA) is 66.6 Å². The molecule has 3 heterocycles. The Hall–Kier alpha value is -3.08. The van der Waals surface area contributed by atoms with Gasteiger partial charge in [-0.2, -0.15) is 18.2 Å². The zero-order valence-electron chi connectivity index (χ0n) is 17.7. The van der Waals surface area contributed by atoms with E-state index in [1.54, 1.807) is 36.9 Å². The maximum Gasteiger partial charge on any atom is 0.453 e. The van der Waals surface area contributed by atoms with Gasteiger partial charge in [0.25, 0.3) is 11.6 Å². The standard InChI is InChI=1S/C21H22F4N6O/c1-13-16(14(2)31-20(26-13)27-19(28-31)21(23,24)25)11-18(32)30-9-7-29(8-10-30)12-15-5-3-4-6-17(15)22/h3-6H,7-12H2,1-2H3. The van der Waals surface area contributed by atoms with Crippen molar-refractivity contribution < 1.29 is 22.4 Å². The number of rotatable bonds is 4. The molecule has 3 aromatic rings. The van der Waals surface area contributed by atoms with Crippen molar-refractivity contribution in [1.29, 1.82) is 0 Å². The summed E-state index contributed by atoms with van der Waals surface area (Å²) in [5.41, 5.74) is 2.00. The van der Waals surface area contributed by atoms with Gasteiger partial charge in [0.2, 0.25) is 5.91 Å². The third-order valence-electron chi connectivity index (χ3n) is 5.71. The van der Waals surface area contributed by atoms with E-state index in [0.717, 1.165) is 4.52 Å². The van der Waals surface area contributed by atoms with Crippen LogP contribution >= 0.6 is 0 Å². The number of hydrogen-bond donors (Lipinski definition) is 0. The largest absolute Gasteiger partial charge is 0.453 e. The molecule has 11 heteroatoms. The highest BCUT2D eigenvalue weighted by Crippen LogP contribution is 2.27. The lowest BCUT2D eigenvalue weighted by Gasteiger charge is -2.35. The number of aryl methyl sites for hydroxylation is 2. The molecule has 170 valence electrons. The van der Waals surface area contributed by atoms with Crippen molar-refractivity contribution >= 4 is 11.7 Å². The van der Waals surface area contributed by atoms with Gasteiger partial charge in [-0.05, 0) is 19.9 Å².